The monoisotopic (exact) mass is 256 g/mol. The molecule has 0 heterocycles. The summed E-state index contributed by atoms with van der Waals surface area (Å²) in [4.78, 5) is 22.0. The molecule has 0 saturated heterocycles. The van der Waals surface area contributed by atoms with Gasteiger partial charge in [0, 0.05) is 6.54 Å². The predicted molar refractivity (Wildman–Crippen MR) is 65.7 cm³/mol. The molecule has 0 unspecified atom stereocenters. The number of carbonyl (C=O) groups excluding carboxylic acids is 1. The third-order valence-corrected chi connectivity index (χ3v) is 2.31. The fourth-order valence-corrected chi connectivity index (χ4v) is 1.38. The standard InChI is InChI=1S/C11H13ClN2O3/c1-2-5-13-11(17)14-9-4-3-7(10(15)16)6-8(9)12/h3-4,6H,2,5H2,1H3,(H,15,16)(H2,13,14,17). The number of urea groups is 1. The number of nitrogens with one attached hydrogen (secondary N) is 2. The van der Waals surface area contributed by atoms with Gasteiger partial charge < -0.3 is 15.7 Å². The maximum absolute atomic E-state index is 11.3. The Morgan fingerprint density at radius 2 is 2.12 bits per heavy atom. The summed E-state index contributed by atoms with van der Waals surface area (Å²) < 4.78 is 0. The Labute approximate surface area is 104 Å². The Bertz CT molecular complexity index is 435. The SMILES string of the molecule is CCCNC(=O)Nc1ccc(C(=O)O)cc1Cl. The van der Waals surface area contributed by atoms with Crippen LogP contribution in [0.15, 0.2) is 18.2 Å². The lowest BCUT2D eigenvalue weighted by molar-refractivity contribution is 0.0697. The van der Waals surface area contributed by atoms with E-state index in [0.717, 1.165) is 6.42 Å². The summed E-state index contributed by atoms with van der Waals surface area (Å²) in [6, 6.07) is 3.76. The molecule has 6 heteroatoms. The van der Waals surface area contributed by atoms with E-state index in [4.69, 9.17) is 16.7 Å². The number of benzene rings is 1. The zero-order chi connectivity index (χ0) is 12.8. The summed E-state index contributed by atoms with van der Waals surface area (Å²) in [6.45, 7) is 2.51. The number of rotatable bonds is 4. The molecule has 0 fully saturated rings. The Kier molecular flexibility index (Phi) is 4.78. The van der Waals surface area contributed by atoms with E-state index in [9.17, 15) is 9.59 Å². The van der Waals surface area contributed by atoms with Crippen LogP contribution >= 0.6 is 11.6 Å². The third kappa shape index (κ3) is 3.96. The van der Waals surface area contributed by atoms with Crippen LogP contribution in [0.25, 0.3) is 0 Å². The van der Waals surface area contributed by atoms with Gasteiger partial charge in [-0.05, 0) is 24.6 Å². The second-order valence-corrected chi connectivity index (χ2v) is 3.79. The second-order valence-electron chi connectivity index (χ2n) is 3.38. The molecule has 1 aromatic carbocycles. The molecule has 92 valence electrons. The zero-order valence-corrected chi connectivity index (χ0v) is 10.0. The molecule has 0 aromatic heterocycles. The van der Waals surface area contributed by atoms with Gasteiger partial charge in [0.05, 0.1) is 16.3 Å². The Morgan fingerprint density at radius 1 is 1.41 bits per heavy atom. The average Bonchev–Trinajstić information content (AvgIpc) is 2.28. The van der Waals surface area contributed by atoms with Crippen molar-refractivity contribution in [3.05, 3.63) is 28.8 Å². The summed E-state index contributed by atoms with van der Waals surface area (Å²) >= 11 is 5.85. The molecule has 5 nitrogen and oxygen atoms in total. The Balaban J connectivity index is 2.72. The number of hydrogen-bond donors (Lipinski definition) is 3. The fourth-order valence-electron chi connectivity index (χ4n) is 1.15. The maximum Gasteiger partial charge on any atom is 0.335 e. The molecule has 0 spiro atoms. The van der Waals surface area contributed by atoms with Crippen molar-refractivity contribution in [2.24, 2.45) is 0 Å². The van der Waals surface area contributed by atoms with Gasteiger partial charge in [-0.2, -0.15) is 0 Å². The fraction of sp³-hybridized carbons (Fsp3) is 0.273. The van der Waals surface area contributed by atoms with Crippen LogP contribution in [0.3, 0.4) is 0 Å². The molecule has 0 aliphatic heterocycles. The minimum Gasteiger partial charge on any atom is -0.478 e. The number of carbonyl (C=O) groups is 2. The summed E-state index contributed by atoms with van der Waals surface area (Å²) in [5.41, 5.74) is 0.458. The van der Waals surface area contributed by atoms with Crippen molar-refractivity contribution in [3.8, 4) is 0 Å². The van der Waals surface area contributed by atoms with Gasteiger partial charge in [0.2, 0.25) is 0 Å². The van der Waals surface area contributed by atoms with E-state index in [1.165, 1.54) is 18.2 Å². The van der Waals surface area contributed by atoms with Crippen LogP contribution < -0.4 is 10.6 Å². The van der Waals surface area contributed by atoms with Crippen LogP contribution in [0, 0.1) is 0 Å². The molecule has 3 N–H and O–H groups in total. The zero-order valence-electron chi connectivity index (χ0n) is 9.29. The van der Waals surface area contributed by atoms with Crippen LogP contribution in [-0.4, -0.2) is 23.7 Å². The van der Waals surface area contributed by atoms with Gasteiger partial charge in [-0.3, -0.25) is 0 Å². The first kappa shape index (κ1) is 13.3. The molecule has 1 aromatic rings. The largest absolute Gasteiger partial charge is 0.478 e. The molecule has 0 aliphatic carbocycles. The highest BCUT2D eigenvalue weighted by atomic mass is 35.5. The van der Waals surface area contributed by atoms with E-state index in [0.29, 0.717) is 12.2 Å². The van der Waals surface area contributed by atoms with E-state index < -0.39 is 5.97 Å². The first-order valence-corrected chi connectivity index (χ1v) is 5.50. The van der Waals surface area contributed by atoms with Crippen LogP contribution in [0.2, 0.25) is 5.02 Å². The summed E-state index contributed by atoms with van der Waals surface area (Å²) in [5, 5.41) is 14.1. The molecule has 0 aliphatic rings. The number of amides is 2. The topological polar surface area (TPSA) is 78.4 Å². The molecule has 0 bridgehead atoms. The Hall–Kier alpha value is -1.75. The van der Waals surface area contributed by atoms with Crippen molar-refractivity contribution in [1.82, 2.24) is 5.32 Å². The number of halogens is 1. The molecule has 2 amide bonds. The lowest BCUT2D eigenvalue weighted by atomic mass is 10.2. The van der Waals surface area contributed by atoms with E-state index >= 15 is 0 Å². The van der Waals surface area contributed by atoms with Crippen molar-refractivity contribution in [2.75, 3.05) is 11.9 Å². The van der Waals surface area contributed by atoms with E-state index in [2.05, 4.69) is 10.6 Å². The van der Waals surface area contributed by atoms with Crippen molar-refractivity contribution < 1.29 is 14.7 Å². The number of hydrogen-bond acceptors (Lipinski definition) is 2. The minimum atomic E-state index is -1.06. The number of carboxylic acid groups (broad SMARTS) is 1. The summed E-state index contributed by atoms with van der Waals surface area (Å²) in [5.74, 6) is -1.06. The molecule has 17 heavy (non-hydrogen) atoms. The van der Waals surface area contributed by atoms with Gasteiger partial charge in [0.15, 0.2) is 0 Å². The number of anilines is 1. The van der Waals surface area contributed by atoms with Crippen LogP contribution in [0.5, 0.6) is 0 Å². The first-order chi connectivity index (χ1) is 8.04. The first-order valence-electron chi connectivity index (χ1n) is 5.12. The highest BCUT2D eigenvalue weighted by molar-refractivity contribution is 6.34. The van der Waals surface area contributed by atoms with Gasteiger partial charge in [-0.1, -0.05) is 18.5 Å². The van der Waals surface area contributed by atoms with E-state index in [1.807, 2.05) is 6.92 Å². The quantitative estimate of drug-likeness (QED) is 0.775. The van der Waals surface area contributed by atoms with Crippen molar-refractivity contribution in [1.29, 1.82) is 0 Å². The van der Waals surface area contributed by atoms with Gasteiger partial charge in [0.1, 0.15) is 0 Å². The minimum absolute atomic E-state index is 0.0783. The van der Waals surface area contributed by atoms with Gasteiger partial charge in [0.25, 0.3) is 0 Å². The Morgan fingerprint density at radius 3 is 2.65 bits per heavy atom. The molecule has 1 rings (SSSR count). The third-order valence-electron chi connectivity index (χ3n) is 2.00. The van der Waals surface area contributed by atoms with Crippen molar-refractivity contribution in [2.45, 2.75) is 13.3 Å². The average molecular weight is 257 g/mol. The van der Waals surface area contributed by atoms with E-state index in [1.54, 1.807) is 0 Å². The van der Waals surface area contributed by atoms with Gasteiger partial charge in [-0.25, -0.2) is 9.59 Å². The van der Waals surface area contributed by atoms with Crippen molar-refractivity contribution >= 4 is 29.3 Å². The van der Waals surface area contributed by atoms with Gasteiger partial charge >= 0.3 is 12.0 Å². The maximum atomic E-state index is 11.3. The number of carboxylic acids is 1. The van der Waals surface area contributed by atoms with Crippen LogP contribution in [0.4, 0.5) is 10.5 Å². The normalized spacial score (nSPS) is 9.76. The van der Waals surface area contributed by atoms with Gasteiger partial charge in [-0.15, -0.1) is 0 Å². The van der Waals surface area contributed by atoms with Crippen LogP contribution in [0.1, 0.15) is 23.7 Å². The molecule has 0 saturated carbocycles. The molecule has 0 atom stereocenters. The number of aromatic carboxylic acids is 1. The molecule has 0 radical (unpaired) electrons. The second kappa shape index (κ2) is 6.10. The molecular weight excluding hydrogens is 244 g/mol. The van der Waals surface area contributed by atoms with Crippen LogP contribution in [-0.2, 0) is 0 Å². The lowest BCUT2D eigenvalue weighted by Gasteiger charge is -2.08. The lowest BCUT2D eigenvalue weighted by Crippen LogP contribution is -2.29. The highest BCUT2D eigenvalue weighted by Gasteiger charge is 2.08. The van der Waals surface area contributed by atoms with Crippen molar-refractivity contribution in [3.63, 3.8) is 0 Å². The summed E-state index contributed by atoms with van der Waals surface area (Å²) in [7, 11) is 0. The molecular formula is C11H13ClN2O3. The summed E-state index contributed by atoms with van der Waals surface area (Å²) in [6.07, 6.45) is 0.832. The predicted octanol–water partition coefficient (Wildman–Crippen LogP) is 2.57. The highest BCUT2D eigenvalue weighted by Crippen LogP contribution is 2.22. The smallest absolute Gasteiger partial charge is 0.335 e. The van der Waals surface area contributed by atoms with E-state index in [-0.39, 0.29) is 16.6 Å².